The fraction of sp³-hybridized carbons (Fsp3) is 0.217. The van der Waals surface area contributed by atoms with Crippen LogP contribution in [0.5, 0.6) is 0 Å². The third-order valence-electron chi connectivity index (χ3n) is 5.89. The van der Waals surface area contributed by atoms with Gasteiger partial charge in [-0.2, -0.15) is 0 Å². The van der Waals surface area contributed by atoms with Crippen molar-refractivity contribution in [2.24, 2.45) is 5.92 Å². The third-order valence-corrected chi connectivity index (χ3v) is 5.89. The molecular formula is C23H20N2O. The van der Waals surface area contributed by atoms with E-state index in [0.29, 0.717) is 29.9 Å². The number of rotatable bonds is 3. The molecule has 1 atom stereocenters. The molecule has 3 aromatic rings. The maximum absolute atomic E-state index is 12.4. The molecule has 6 rings (SSSR count). The van der Waals surface area contributed by atoms with Crippen LogP contribution in [0, 0.1) is 5.92 Å². The number of hydrogen-bond acceptors (Lipinski definition) is 2. The zero-order valence-corrected chi connectivity index (χ0v) is 14.4. The van der Waals surface area contributed by atoms with E-state index in [2.05, 4.69) is 58.8 Å². The van der Waals surface area contributed by atoms with Gasteiger partial charge in [0.05, 0.1) is 0 Å². The Morgan fingerprint density at radius 2 is 1.46 bits per heavy atom. The Labute approximate surface area is 153 Å². The van der Waals surface area contributed by atoms with Crippen LogP contribution in [-0.2, 0) is 0 Å². The largest absolute Gasteiger partial charge is 0.352 e. The minimum atomic E-state index is -0.0181. The normalized spacial score (nSPS) is 22.4. The number of aromatic nitrogens is 1. The van der Waals surface area contributed by atoms with E-state index in [0.717, 1.165) is 6.42 Å². The molecule has 3 nitrogen and oxygen atoms in total. The molecule has 1 N–H and O–H groups in total. The van der Waals surface area contributed by atoms with Gasteiger partial charge in [-0.25, -0.2) is 0 Å². The van der Waals surface area contributed by atoms with Crippen LogP contribution in [0.1, 0.15) is 50.9 Å². The molecule has 1 amide bonds. The lowest BCUT2D eigenvalue weighted by Crippen LogP contribution is -2.39. The van der Waals surface area contributed by atoms with Crippen LogP contribution in [0.25, 0.3) is 0 Å². The van der Waals surface area contributed by atoms with E-state index in [4.69, 9.17) is 0 Å². The second-order valence-corrected chi connectivity index (χ2v) is 7.23. The van der Waals surface area contributed by atoms with Gasteiger partial charge in [-0.05, 0) is 46.7 Å². The highest BCUT2D eigenvalue weighted by molar-refractivity contribution is 5.93. The van der Waals surface area contributed by atoms with E-state index < -0.39 is 0 Å². The van der Waals surface area contributed by atoms with Crippen LogP contribution in [-0.4, -0.2) is 17.4 Å². The minimum Gasteiger partial charge on any atom is -0.352 e. The average Bonchev–Trinajstić information content (AvgIpc) is 2.73. The number of carbonyl (C=O) groups excluding carboxylic acids is 1. The van der Waals surface area contributed by atoms with Crippen LogP contribution in [0.4, 0.5) is 0 Å². The van der Waals surface area contributed by atoms with E-state index in [1.165, 1.54) is 22.3 Å². The van der Waals surface area contributed by atoms with Crippen LogP contribution in [0.2, 0.25) is 0 Å². The summed E-state index contributed by atoms with van der Waals surface area (Å²) in [5.74, 6) is 1.21. The molecule has 128 valence electrons. The number of pyridine rings is 1. The summed E-state index contributed by atoms with van der Waals surface area (Å²) in [5.41, 5.74) is 6.47. The lowest BCUT2D eigenvalue weighted by atomic mass is 9.59. The highest BCUT2D eigenvalue weighted by Gasteiger charge is 2.42. The summed E-state index contributed by atoms with van der Waals surface area (Å²) in [6.45, 7) is 0.699. The zero-order valence-electron chi connectivity index (χ0n) is 14.4. The smallest absolute Gasteiger partial charge is 0.251 e. The summed E-state index contributed by atoms with van der Waals surface area (Å²) in [6.07, 6.45) is 4.41. The van der Waals surface area contributed by atoms with Crippen molar-refractivity contribution >= 4 is 5.91 Å². The molecule has 1 heterocycles. The number of carbonyl (C=O) groups is 1. The molecule has 2 bridgehead atoms. The van der Waals surface area contributed by atoms with E-state index in [-0.39, 0.29) is 5.91 Å². The van der Waals surface area contributed by atoms with Crippen LogP contribution < -0.4 is 5.32 Å². The molecule has 3 aliphatic carbocycles. The fourth-order valence-electron chi connectivity index (χ4n) is 4.79. The molecule has 26 heavy (non-hydrogen) atoms. The Hall–Kier alpha value is -2.94. The third kappa shape index (κ3) is 2.35. The molecule has 2 aromatic carbocycles. The Balaban J connectivity index is 1.45. The molecule has 0 fully saturated rings. The Bertz CT molecular complexity index is 919. The van der Waals surface area contributed by atoms with Gasteiger partial charge >= 0.3 is 0 Å². The Morgan fingerprint density at radius 3 is 2.08 bits per heavy atom. The molecule has 3 aliphatic rings. The lowest BCUT2D eigenvalue weighted by Gasteiger charge is -2.45. The van der Waals surface area contributed by atoms with Gasteiger partial charge in [0.2, 0.25) is 0 Å². The summed E-state index contributed by atoms with van der Waals surface area (Å²) >= 11 is 0. The first-order valence-corrected chi connectivity index (χ1v) is 9.19. The molecule has 1 aromatic heterocycles. The second-order valence-electron chi connectivity index (χ2n) is 7.23. The van der Waals surface area contributed by atoms with Crippen molar-refractivity contribution in [3.8, 4) is 0 Å². The summed E-state index contributed by atoms with van der Waals surface area (Å²) in [4.78, 5) is 16.4. The SMILES string of the molecule is O=C(NCC1CC2c3ccccc3C1c1ccccc12)c1ccncc1. The van der Waals surface area contributed by atoms with Gasteiger partial charge in [0.1, 0.15) is 0 Å². The topological polar surface area (TPSA) is 42.0 Å². The molecule has 0 spiro atoms. The number of benzene rings is 2. The van der Waals surface area contributed by atoms with Crippen LogP contribution in [0.15, 0.2) is 73.1 Å². The Morgan fingerprint density at radius 1 is 0.885 bits per heavy atom. The van der Waals surface area contributed by atoms with Crippen molar-refractivity contribution in [3.63, 3.8) is 0 Å². The number of nitrogens with one attached hydrogen (secondary N) is 1. The van der Waals surface area contributed by atoms with Crippen molar-refractivity contribution in [2.45, 2.75) is 18.3 Å². The molecule has 3 heteroatoms. The highest BCUT2D eigenvalue weighted by Crippen LogP contribution is 2.55. The van der Waals surface area contributed by atoms with Crippen LogP contribution >= 0.6 is 0 Å². The van der Waals surface area contributed by atoms with Gasteiger partial charge in [-0.3, -0.25) is 9.78 Å². The van der Waals surface area contributed by atoms with E-state index in [1.807, 2.05) is 0 Å². The molecule has 0 saturated heterocycles. The molecule has 1 unspecified atom stereocenters. The van der Waals surface area contributed by atoms with Crippen molar-refractivity contribution in [1.82, 2.24) is 10.3 Å². The summed E-state index contributed by atoms with van der Waals surface area (Å²) < 4.78 is 0. The summed E-state index contributed by atoms with van der Waals surface area (Å²) in [6, 6.07) is 21.1. The number of nitrogens with zero attached hydrogens (tertiary/aromatic N) is 1. The minimum absolute atomic E-state index is 0.0181. The highest BCUT2D eigenvalue weighted by atomic mass is 16.1. The predicted octanol–water partition coefficient (Wildman–Crippen LogP) is 4.11. The van der Waals surface area contributed by atoms with Gasteiger partial charge in [-0.1, -0.05) is 48.5 Å². The first-order valence-electron chi connectivity index (χ1n) is 9.19. The van der Waals surface area contributed by atoms with Gasteiger partial charge in [-0.15, -0.1) is 0 Å². The average molecular weight is 340 g/mol. The zero-order chi connectivity index (χ0) is 17.5. The Kier molecular flexibility index (Phi) is 3.59. The first kappa shape index (κ1) is 15.3. The summed E-state index contributed by atoms with van der Waals surface area (Å²) in [7, 11) is 0. The monoisotopic (exact) mass is 340 g/mol. The lowest BCUT2D eigenvalue weighted by molar-refractivity contribution is 0.0943. The predicted molar refractivity (Wildman–Crippen MR) is 101 cm³/mol. The van der Waals surface area contributed by atoms with Crippen LogP contribution in [0.3, 0.4) is 0 Å². The fourth-order valence-corrected chi connectivity index (χ4v) is 4.79. The van der Waals surface area contributed by atoms with E-state index >= 15 is 0 Å². The molecular weight excluding hydrogens is 320 g/mol. The first-order chi connectivity index (χ1) is 12.8. The van der Waals surface area contributed by atoms with Gasteiger partial charge in [0.25, 0.3) is 5.91 Å². The maximum Gasteiger partial charge on any atom is 0.251 e. The van der Waals surface area contributed by atoms with Crippen molar-refractivity contribution in [3.05, 3.63) is 101 Å². The van der Waals surface area contributed by atoms with E-state index in [1.54, 1.807) is 24.5 Å². The van der Waals surface area contributed by atoms with Crippen molar-refractivity contribution in [2.75, 3.05) is 6.54 Å². The standard InChI is InChI=1S/C23H20N2O/c26-23(15-9-11-24-12-10-15)25-14-16-13-21-17-5-1-3-7-19(17)22(16)20-8-4-2-6-18(20)21/h1-12,16,21-22H,13-14H2,(H,25,26). The van der Waals surface area contributed by atoms with E-state index in [9.17, 15) is 4.79 Å². The molecule has 0 saturated carbocycles. The number of hydrogen-bond donors (Lipinski definition) is 1. The van der Waals surface area contributed by atoms with Crippen molar-refractivity contribution < 1.29 is 4.79 Å². The second kappa shape index (κ2) is 6.10. The molecule has 0 radical (unpaired) electrons. The van der Waals surface area contributed by atoms with Crippen molar-refractivity contribution in [1.29, 1.82) is 0 Å². The number of fused-ring (bicyclic) bond motifs is 1. The summed E-state index contributed by atoms with van der Waals surface area (Å²) in [5, 5.41) is 3.15. The molecule has 0 aliphatic heterocycles. The van der Waals surface area contributed by atoms with Gasteiger partial charge in [0, 0.05) is 36.3 Å². The van der Waals surface area contributed by atoms with Gasteiger partial charge < -0.3 is 5.32 Å². The van der Waals surface area contributed by atoms with Gasteiger partial charge in [0.15, 0.2) is 0 Å². The quantitative estimate of drug-likeness (QED) is 0.780. The maximum atomic E-state index is 12.4. The number of amides is 1.